The molecule has 1 aromatic carbocycles. The third-order valence-electron chi connectivity index (χ3n) is 2.08. The van der Waals surface area contributed by atoms with Crippen LogP contribution in [0.25, 0.3) is 4.85 Å². The third-order valence-corrected chi connectivity index (χ3v) is 4.78. The smallest absolute Gasteiger partial charge is 0.174 e. The van der Waals surface area contributed by atoms with Gasteiger partial charge in [0.25, 0.3) is 0 Å². The molecular weight excluding hydrogens is 210 g/mol. The fraction of sp³-hybridized carbons (Fsp3) is 0.182. The van der Waals surface area contributed by atoms with E-state index in [2.05, 4.69) is 30.8 Å². The van der Waals surface area contributed by atoms with E-state index < -0.39 is 0 Å². The van der Waals surface area contributed by atoms with Crippen molar-refractivity contribution in [3.05, 3.63) is 45.1 Å². The van der Waals surface area contributed by atoms with Crippen LogP contribution in [0.3, 0.4) is 0 Å². The molecule has 1 aromatic rings. The minimum atomic E-state index is 1.09. The Labute approximate surface area is 92.4 Å². The van der Waals surface area contributed by atoms with Crippen LogP contribution in [0.4, 0.5) is 0 Å². The van der Waals surface area contributed by atoms with Gasteiger partial charge >= 0.3 is 0 Å². The second-order valence-electron chi connectivity index (χ2n) is 3.14. The van der Waals surface area contributed by atoms with Crippen LogP contribution in [-0.4, -0.2) is 0 Å². The minimum absolute atomic E-state index is 1.09. The Morgan fingerprint density at radius 2 is 1.64 bits per heavy atom. The molecule has 3 heteroatoms. The molecule has 1 nitrogen and oxygen atoms in total. The van der Waals surface area contributed by atoms with Crippen LogP contribution in [0, 0.1) is 20.4 Å². The number of hydrogen-bond donors (Lipinski definition) is 0. The quantitative estimate of drug-likeness (QED) is 0.602. The molecule has 0 aromatic heterocycles. The number of thioether (sulfide) groups is 2. The first kappa shape index (κ1) is 9.70. The second kappa shape index (κ2) is 3.72. The molecule has 0 spiro atoms. The van der Waals surface area contributed by atoms with Crippen molar-refractivity contribution in [2.24, 2.45) is 0 Å². The third kappa shape index (κ3) is 1.56. The van der Waals surface area contributed by atoms with E-state index in [9.17, 15) is 0 Å². The summed E-state index contributed by atoms with van der Waals surface area (Å²) < 4.78 is 1.09. The number of aryl methyl sites for hydroxylation is 2. The van der Waals surface area contributed by atoms with Crippen LogP contribution in [0.5, 0.6) is 0 Å². The van der Waals surface area contributed by atoms with Gasteiger partial charge in [0.15, 0.2) is 6.20 Å². The molecule has 14 heavy (non-hydrogen) atoms. The largest absolute Gasteiger partial charge is 0.244 e. The maximum atomic E-state index is 6.80. The zero-order chi connectivity index (χ0) is 10.1. The number of rotatable bonds is 0. The standard InChI is InChI=1S/C11H9NS2/c1-7-4-5-8(2)11-10(7)13-9(14-11)6-12-3/h4-6H,1-2H3. The normalized spacial score (nSPS) is 13.6. The van der Waals surface area contributed by atoms with Crippen LogP contribution in [-0.2, 0) is 0 Å². The Morgan fingerprint density at radius 1 is 1.14 bits per heavy atom. The molecule has 1 heterocycles. The highest BCUT2D eigenvalue weighted by atomic mass is 32.2. The van der Waals surface area contributed by atoms with E-state index in [1.807, 2.05) is 0 Å². The van der Waals surface area contributed by atoms with E-state index in [0.29, 0.717) is 0 Å². The lowest BCUT2D eigenvalue weighted by Gasteiger charge is -2.03. The minimum Gasteiger partial charge on any atom is -0.244 e. The second-order valence-corrected chi connectivity index (χ2v) is 5.50. The topological polar surface area (TPSA) is 4.36 Å². The number of nitrogens with zero attached hydrogens (tertiary/aromatic N) is 1. The Balaban J connectivity index is 2.50. The average Bonchev–Trinajstić information content (AvgIpc) is 2.57. The van der Waals surface area contributed by atoms with Gasteiger partial charge in [-0.3, -0.25) is 0 Å². The summed E-state index contributed by atoms with van der Waals surface area (Å²) in [5.41, 5.74) is 2.60. The molecule has 1 aliphatic heterocycles. The maximum Gasteiger partial charge on any atom is 0.174 e. The summed E-state index contributed by atoms with van der Waals surface area (Å²) in [4.78, 5) is 5.95. The zero-order valence-electron chi connectivity index (χ0n) is 8.00. The summed E-state index contributed by atoms with van der Waals surface area (Å²) in [6, 6.07) is 4.28. The lowest BCUT2D eigenvalue weighted by atomic mass is 10.2. The van der Waals surface area contributed by atoms with Crippen LogP contribution in [0.2, 0.25) is 0 Å². The van der Waals surface area contributed by atoms with Gasteiger partial charge in [-0.1, -0.05) is 35.7 Å². The van der Waals surface area contributed by atoms with E-state index in [1.54, 1.807) is 29.7 Å². The van der Waals surface area contributed by atoms with Crippen molar-refractivity contribution in [2.45, 2.75) is 23.6 Å². The van der Waals surface area contributed by atoms with E-state index in [1.165, 1.54) is 20.9 Å². The van der Waals surface area contributed by atoms with Gasteiger partial charge in [-0.2, -0.15) is 0 Å². The number of fused-ring (bicyclic) bond motifs is 1. The molecular formula is C11H9NS2. The Bertz CT molecular complexity index is 422. The summed E-state index contributed by atoms with van der Waals surface area (Å²) in [6.45, 7) is 11.0. The first-order valence-electron chi connectivity index (χ1n) is 4.25. The van der Waals surface area contributed by atoms with Crippen molar-refractivity contribution < 1.29 is 0 Å². The van der Waals surface area contributed by atoms with Crippen LogP contribution >= 0.6 is 23.5 Å². The molecule has 0 fully saturated rings. The predicted molar refractivity (Wildman–Crippen MR) is 62.3 cm³/mol. The molecule has 2 rings (SSSR count). The Hall–Kier alpha value is -0.850. The first-order valence-corrected chi connectivity index (χ1v) is 5.88. The van der Waals surface area contributed by atoms with Crippen molar-refractivity contribution in [2.75, 3.05) is 0 Å². The highest BCUT2D eigenvalue weighted by Crippen LogP contribution is 2.53. The number of benzene rings is 1. The average molecular weight is 219 g/mol. The van der Waals surface area contributed by atoms with Gasteiger partial charge in [-0.25, -0.2) is 4.85 Å². The van der Waals surface area contributed by atoms with Gasteiger partial charge in [0, 0.05) is 14.0 Å². The monoisotopic (exact) mass is 219 g/mol. The molecule has 0 amide bonds. The number of hydrogen-bond acceptors (Lipinski definition) is 2. The molecule has 0 atom stereocenters. The van der Waals surface area contributed by atoms with Gasteiger partial charge in [-0.05, 0) is 25.0 Å². The molecule has 0 aliphatic carbocycles. The lowest BCUT2D eigenvalue weighted by Crippen LogP contribution is -1.82. The molecule has 70 valence electrons. The molecule has 0 radical (unpaired) electrons. The van der Waals surface area contributed by atoms with Gasteiger partial charge in [0.05, 0.1) is 6.57 Å². The van der Waals surface area contributed by atoms with Gasteiger partial charge < -0.3 is 0 Å². The Kier molecular flexibility index (Phi) is 2.58. The van der Waals surface area contributed by atoms with E-state index in [0.717, 1.165) is 4.24 Å². The van der Waals surface area contributed by atoms with Crippen molar-refractivity contribution in [1.82, 2.24) is 0 Å². The summed E-state index contributed by atoms with van der Waals surface area (Å²) in [7, 11) is 0. The van der Waals surface area contributed by atoms with E-state index in [4.69, 9.17) is 6.57 Å². The molecule has 0 saturated heterocycles. The molecule has 0 bridgehead atoms. The van der Waals surface area contributed by atoms with Gasteiger partial charge in [0.1, 0.15) is 0 Å². The van der Waals surface area contributed by atoms with Crippen molar-refractivity contribution >= 4 is 23.5 Å². The maximum absolute atomic E-state index is 6.80. The molecule has 0 unspecified atom stereocenters. The van der Waals surface area contributed by atoms with Crippen molar-refractivity contribution in [3.8, 4) is 0 Å². The molecule has 1 aliphatic rings. The van der Waals surface area contributed by atoms with E-state index in [-0.39, 0.29) is 0 Å². The summed E-state index contributed by atoms with van der Waals surface area (Å²) in [5.74, 6) is 0. The highest BCUT2D eigenvalue weighted by Gasteiger charge is 2.20. The summed E-state index contributed by atoms with van der Waals surface area (Å²) in [6.07, 6.45) is 1.61. The predicted octanol–water partition coefficient (Wildman–Crippen LogP) is 4.22. The first-order chi connectivity index (χ1) is 6.72. The fourth-order valence-electron chi connectivity index (χ4n) is 1.34. The Morgan fingerprint density at radius 3 is 2.07 bits per heavy atom. The van der Waals surface area contributed by atoms with Gasteiger partial charge in [-0.15, -0.1) is 0 Å². The lowest BCUT2D eigenvalue weighted by molar-refractivity contribution is 1.13. The van der Waals surface area contributed by atoms with Crippen LogP contribution < -0.4 is 0 Å². The van der Waals surface area contributed by atoms with Crippen LogP contribution in [0.15, 0.2) is 32.4 Å². The van der Waals surface area contributed by atoms with Gasteiger partial charge in [0.2, 0.25) is 0 Å². The summed E-state index contributed by atoms with van der Waals surface area (Å²) >= 11 is 3.42. The van der Waals surface area contributed by atoms with Crippen LogP contribution in [0.1, 0.15) is 11.1 Å². The highest BCUT2D eigenvalue weighted by molar-refractivity contribution is 8.24. The van der Waals surface area contributed by atoms with Crippen molar-refractivity contribution in [1.29, 1.82) is 0 Å². The van der Waals surface area contributed by atoms with Crippen molar-refractivity contribution in [3.63, 3.8) is 0 Å². The fourth-order valence-corrected chi connectivity index (χ4v) is 3.84. The van der Waals surface area contributed by atoms with E-state index >= 15 is 0 Å². The summed E-state index contributed by atoms with van der Waals surface area (Å²) in [5, 5.41) is 0. The molecule has 0 N–H and O–H groups in total. The zero-order valence-corrected chi connectivity index (χ0v) is 9.63. The SMILES string of the molecule is [C-]#[N+]C=C1Sc2c(C)ccc(C)c2S1. The molecule has 0 saturated carbocycles.